The second kappa shape index (κ2) is 9.11. The summed E-state index contributed by atoms with van der Waals surface area (Å²) in [5.41, 5.74) is 0. The first-order valence-corrected chi connectivity index (χ1v) is 0.612. The maximum Gasteiger partial charge on any atom is 2.00 e. The first-order chi connectivity index (χ1) is 1.73. The van der Waals surface area contributed by atoms with Crippen LogP contribution in [0.1, 0.15) is 0 Å². The molecule has 0 aliphatic carbocycles. The van der Waals surface area contributed by atoms with Crippen LogP contribution in [0, 0.1) is 0 Å². The van der Waals surface area contributed by atoms with Gasteiger partial charge in [0.2, 0.25) is 0 Å². The number of rotatable bonds is 0. The molecule has 0 saturated carbocycles. The Morgan fingerprint density at radius 2 is 1.33 bits per heavy atom. The van der Waals surface area contributed by atoms with Crippen LogP contribution in [0.25, 0.3) is 0 Å². The quantitative estimate of drug-likeness (QED) is 0.478. The average Bonchev–Trinajstić information content (AvgIpc) is 0.811. The molecule has 0 atom stereocenters. The van der Waals surface area contributed by atoms with Crippen molar-refractivity contribution in [1.82, 2.24) is 0 Å². The monoisotopic (exact) mass is 300 g/mol. The Morgan fingerprint density at radius 1 is 1.33 bits per heavy atom. The van der Waals surface area contributed by atoms with Gasteiger partial charge >= 0.3 is 27.3 Å². The topological polar surface area (TPSA) is 63.2 Å². The number of carbonyl (C=O) groups excluding carboxylic acids is 1. The van der Waals surface area contributed by atoms with Gasteiger partial charge in [0, 0.05) is 13.5 Å². The molecule has 5 heteroatoms. The molecule has 0 saturated heterocycles. The Hall–Kier alpha value is 0.542. The molecule has 0 heterocycles. The third-order valence-corrected chi connectivity index (χ3v) is 0. The van der Waals surface area contributed by atoms with Crippen molar-refractivity contribution in [1.29, 1.82) is 0 Å². The number of hydrogen-bond donors (Lipinski definition) is 0. The van der Waals surface area contributed by atoms with Crippen molar-refractivity contribution in [3.63, 3.8) is 0 Å². The Labute approximate surface area is 62.0 Å². The summed E-state index contributed by atoms with van der Waals surface area (Å²) in [5, 5.41) is 16.7. The average molecular weight is 299 g/mol. The molecule has 0 aliphatic rings. The Balaban J connectivity index is -0.0000000450. The Bertz CT molecular complexity index is 33.8. The van der Waals surface area contributed by atoms with Gasteiger partial charge in [0.05, 0.1) is 0 Å². The van der Waals surface area contributed by atoms with E-state index in [1.165, 1.54) is 0 Å². The van der Waals surface area contributed by atoms with Gasteiger partial charge in [0.15, 0.2) is 0 Å². The predicted octanol–water partition coefficient (Wildman–Crippen LogP) is -2.18. The zero-order valence-corrected chi connectivity index (χ0v) is 7.34. The van der Waals surface area contributed by atoms with Crippen molar-refractivity contribution in [2.45, 2.75) is 0 Å². The van der Waals surface area contributed by atoms with Crippen molar-refractivity contribution in [3.8, 4) is 0 Å². The van der Waals surface area contributed by atoms with Crippen LogP contribution in [0.2, 0.25) is 0 Å². The first kappa shape index (κ1) is 16.0. The molecule has 0 N–H and O–H groups in total. The van der Waals surface area contributed by atoms with E-state index >= 15 is 0 Å². The van der Waals surface area contributed by atoms with Gasteiger partial charge in [-0.2, -0.15) is 0 Å². The minimum absolute atomic E-state index is 0. The smallest absolute Gasteiger partial charge is 0.652 e. The molecule has 0 amide bonds. The third kappa shape index (κ3) is 194. The van der Waals surface area contributed by atoms with Crippen LogP contribution < -0.4 is 10.2 Å². The van der Waals surface area contributed by atoms with E-state index in [9.17, 15) is 0 Å². The van der Waals surface area contributed by atoms with Gasteiger partial charge in [0.1, 0.15) is 0 Å². The van der Waals surface area contributed by atoms with Crippen LogP contribution in [-0.4, -0.2) is 33.5 Å². The predicted molar refractivity (Wildman–Crippen MR) is 18.7 cm³/mol. The number of carboxylic acid groups (broad SMARTS) is 2. The fourth-order valence-electron chi connectivity index (χ4n) is 0. The largest absolute Gasteiger partial charge is 2.00 e. The van der Waals surface area contributed by atoms with Crippen molar-refractivity contribution in [3.05, 3.63) is 0 Å². The van der Waals surface area contributed by atoms with Crippen LogP contribution in [-0.2, 0) is 0 Å². The maximum absolute atomic E-state index is 8.33. The molecular weight excluding hydrogens is 299 g/mol. The van der Waals surface area contributed by atoms with Crippen molar-refractivity contribution < 1.29 is 15.0 Å². The maximum atomic E-state index is 8.33. The van der Waals surface area contributed by atoms with Crippen LogP contribution in [0.5, 0.6) is 0 Å². The van der Waals surface area contributed by atoms with E-state index in [0.29, 0.717) is 0 Å². The van der Waals surface area contributed by atoms with Crippen LogP contribution in [0.15, 0.2) is 0 Å². The van der Waals surface area contributed by atoms with E-state index < -0.39 is 6.16 Å². The molecule has 0 aromatic heterocycles. The summed E-state index contributed by atoms with van der Waals surface area (Å²) in [6.07, 6.45) is -2.33. The Morgan fingerprint density at radius 3 is 1.33 bits per heavy atom. The summed E-state index contributed by atoms with van der Waals surface area (Å²) in [6.45, 7) is 0. The standard InChI is InChI=1S/CH2O3.Pb.S/c2-1(3)4;;/h(H2,2,3,4);;/q;+2;/p-2. The number of carbonyl (C=O) groups is 1. The molecule has 0 bridgehead atoms. The van der Waals surface area contributed by atoms with E-state index in [-0.39, 0.29) is 40.8 Å². The molecule has 0 fully saturated rings. The normalized spacial score (nSPS) is 4.00. The summed E-state index contributed by atoms with van der Waals surface area (Å²) in [7, 11) is 0. The van der Waals surface area contributed by atoms with Crippen molar-refractivity contribution >= 4 is 46.9 Å². The molecule has 4 radical (unpaired) electrons. The van der Waals surface area contributed by atoms with E-state index in [1.807, 2.05) is 0 Å². The van der Waals surface area contributed by atoms with Gasteiger partial charge in [-0.3, -0.25) is 0 Å². The minimum atomic E-state index is -2.33. The molecule has 0 unspecified atom stereocenters. The molecular formula is CO3PbS. The van der Waals surface area contributed by atoms with E-state index in [1.54, 1.807) is 0 Å². The SMILES string of the molecule is O=C([O-])[O-].[Pb+2].[S]. The Kier molecular flexibility index (Phi) is 24.3. The fraction of sp³-hybridized carbons (Fsp3) is 0. The van der Waals surface area contributed by atoms with Crippen LogP contribution in [0.4, 0.5) is 4.79 Å². The molecule has 6 heavy (non-hydrogen) atoms. The second-order valence-electron chi connectivity index (χ2n) is 0.250. The summed E-state index contributed by atoms with van der Waals surface area (Å²) < 4.78 is 0. The summed E-state index contributed by atoms with van der Waals surface area (Å²) >= 11 is 0. The van der Waals surface area contributed by atoms with E-state index in [0.717, 1.165) is 0 Å². The molecule has 0 rings (SSSR count). The van der Waals surface area contributed by atoms with E-state index in [4.69, 9.17) is 15.0 Å². The van der Waals surface area contributed by atoms with Gasteiger partial charge in [-0.05, 0) is 6.16 Å². The summed E-state index contributed by atoms with van der Waals surface area (Å²) in [6, 6.07) is 0. The molecule has 0 aromatic rings. The van der Waals surface area contributed by atoms with Gasteiger partial charge in [0.25, 0.3) is 0 Å². The second-order valence-corrected chi connectivity index (χ2v) is 0.250. The summed E-state index contributed by atoms with van der Waals surface area (Å²) in [4.78, 5) is 8.33. The van der Waals surface area contributed by atoms with E-state index in [2.05, 4.69) is 0 Å². The van der Waals surface area contributed by atoms with Crippen LogP contribution >= 0.6 is 13.5 Å². The van der Waals surface area contributed by atoms with Gasteiger partial charge in [-0.1, -0.05) is 0 Å². The fourth-order valence-corrected chi connectivity index (χ4v) is 0. The molecule has 0 aliphatic heterocycles. The van der Waals surface area contributed by atoms with Gasteiger partial charge < -0.3 is 15.0 Å². The van der Waals surface area contributed by atoms with Crippen molar-refractivity contribution in [2.24, 2.45) is 0 Å². The zero-order chi connectivity index (χ0) is 3.58. The molecule has 0 spiro atoms. The van der Waals surface area contributed by atoms with Gasteiger partial charge in [-0.15, -0.1) is 0 Å². The zero-order valence-electron chi connectivity index (χ0n) is 2.63. The third-order valence-electron chi connectivity index (χ3n) is 0. The van der Waals surface area contributed by atoms with Gasteiger partial charge in [-0.25, -0.2) is 0 Å². The van der Waals surface area contributed by atoms with Crippen molar-refractivity contribution in [2.75, 3.05) is 0 Å². The minimum Gasteiger partial charge on any atom is -0.652 e. The van der Waals surface area contributed by atoms with Crippen LogP contribution in [0.3, 0.4) is 0 Å². The summed E-state index contributed by atoms with van der Waals surface area (Å²) in [5.74, 6) is 0. The molecule has 3 nitrogen and oxygen atoms in total. The molecule has 32 valence electrons. The first-order valence-electron chi connectivity index (χ1n) is 0.612. The number of hydrogen-bond acceptors (Lipinski definition) is 3. The molecule has 0 aromatic carbocycles.